The van der Waals surface area contributed by atoms with Gasteiger partial charge < -0.3 is 15.6 Å². The van der Waals surface area contributed by atoms with Gasteiger partial charge in [-0.2, -0.15) is 0 Å². The van der Waals surface area contributed by atoms with Crippen molar-refractivity contribution in [2.75, 3.05) is 19.6 Å². The summed E-state index contributed by atoms with van der Waals surface area (Å²) in [6.45, 7) is 21.9. The van der Waals surface area contributed by atoms with Crippen LogP contribution in [-0.4, -0.2) is 36.7 Å². The first-order valence-electron chi connectivity index (χ1n) is 14.8. The van der Waals surface area contributed by atoms with Gasteiger partial charge in [0, 0.05) is 38.0 Å². The Morgan fingerprint density at radius 2 is 1.79 bits per heavy atom. The maximum absolute atomic E-state index is 12.9. The Hall–Kier alpha value is -2.62. The van der Waals surface area contributed by atoms with Crippen molar-refractivity contribution in [2.24, 2.45) is 23.2 Å². The number of allylic oxidation sites excluding steroid dienone is 8. The summed E-state index contributed by atoms with van der Waals surface area (Å²) < 4.78 is 0. The highest BCUT2D eigenvalue weighted by Gasteiger charge is 2.54. The predicted octanol–water partition coefficient (Wildman–Crippen LogP) is 7.93. The smallest absolute Gasteiger partial charge is 0.226 e. The van der Waals surface area contributed by atoms with Crippen molar-refractivity contribution in [3.05, 3.63) is 72.0 Å². The van der Waals surface area contributed by atoms with Crippen LogP contribution in [0.3, 0.4) is 0 Å². The van der Waals surface area contributed by atoms with Crippen molar-refractivity contribution in [1.82, 2.24) is 10.2 Å². The zero-order chi connectivity index (χ0) is 27.7. The maximum Gasteiger partial charge on any atom is 0.226 e. The minimum Gasteiger partial charge on any atom is -0.389 e. The van der Waals surface area contributed by atoms with E-state index >= 15 is 0 Å². The summed E-state index contributed by atoms with van der Waals surface area (Å²) >= 11 is 0. The number of likely N-dealkylation sites (tertiary alicyclic amines) is 1. The molecule has 1 spiro atoms. The maximum atomic E-state index is 12.9. The molecular weight excluding hydrogens is 466 g/mol. The molecule has 0 bridgehead atoms. The van der Waals surface area contributed by atoms with Gasteiger partial charge >= 0.3 is 0 Å². The molecule has 1 saturated heterocycles. The van der Waals surface area contributed by atoms with Crippen LogP contribution in [0.15, 0.2) is 72.0 Å². The number of nitrogens with one attached hydrogen (secondary N) is 2. The van der Waals surface area contributed by atoms with Gasteiger partial charge in [-0.1, -0.05) is 63.3 Å². The zero-order valence-corrected chi connectivity index (χ0v) is 24.3. The van der Waals surface area contributed by atoms with Crippen LogP contribution in [0.5, 0.6) is 0 Å². The molecule has 0 aromatic carbocycles. The van der Waals surface area contributed by atoms with Gasteiger partial charge in [-0.25, -0.2) is 0 Å². The molecule has 3 fully saturated rings. The van der Waals surface area contributed by atoms with Crippen LogP contribution in [0.2, 0.25) is 0 Å². The van der Waals surface area contributed by atoms with Crippen LogP contribution in [0.4, 0.5) is 0 Å². The van der Waals surface area contributed by atoms with Gasteiger partial charge in [0.05, 0.1) is 0 Å². The second-order valence-corrected chi connectivity index (χ2v) is 12.1. The average Bonchev–Trinajstić information content (AvgIpc) is 3.59. The number of hydrogen-bond donors (Lipinski definition) is 2. The number of hydrogen-bond acceptors (Lipinski definition) is 3. The van der Waals surface area contributed by atoms with Crippen molar-refractivity contribution in [3.8, 4) is 0 Å². The molecule has 3 rings (SSSR count). The molecule has 2 aliphatic carbocycles. The van der Waals surface area contributed by atoms with E-state index in [-0.39, 0.29) is 5.91 Å². The largest absolute Gasteiger partial charge is 0.389 e. The first kappa shape index (κ1) is 29.9. The van der Waals surface area contributed by atoms with E-state index in [0.717, 1.165) is 68.1 Å². The van der Waals surface area contributed by atoms with E-state index in [1.807, 2.05) is 13.0 Å². The topological polar surface area (TPSA) is 56.2 Å². The standard InChI is InChI=1S/C34H51N3O/c1-7-30(29(6)31-15-11-25(2)12-16-31)9-8-10-33(38)37-21-18-34(19-22-37)23-32(34)24-36-28(5)14-13-26(3)27(4)17-20-35/h7-9,17,20,25,31-32,35-36H,3,5-6,10-16,18-19,21-24H2,1-2,4H3/b9-8-,27-17-,30-7+,35-20?. The molecule has 2 saturated carbocycles. The van der Waals surface area contributed by atoms with Gasteiger partial charge in [0.2, 0.25) is 5.91 Å². The summed E-state index contributed by atoms with van der Waals surface area (Å²) in [7, 11) is 0. The SMILES string of the molecule is C=C(CCC(=C)/C(C)=C\C=N)NCC1CC12CCN(C(=O)C/C=C\C(=C/C)C(=C)C1CCC(C)CC1)CC2. The molecule has 0 radical (unpaired) electrons. The molecule has 0 aromatic heterocycles. The molecule has 4 nitrogen and oxygen atoms in total. The molecule has 208 valence electrons. The van der Waals surface area contributed by atoms with Gasteiger partial charge in [0.25, 0.3) is 0 Å². The fourth-order valence-electron chi connectivity index (χ4n) is 6.28. The summed E-state index contributed by atoms with van der Waals surface area (Å²) in [5.41, 5.74) is 6.06. The predicted molar refractivity (Wildman–Crippen MR) is 162 cm³/mol. The highest BCUT2D eigenvalue weighted by atomic mass is 16.2. The minimum atomic E-state index is 0.250. The van der Waals surface area contributed by atoms with Crippen LogP contribution < -0.4 is 5.32 Å². The van der Waals surface area contributed by atoms with Crippen molar-refractivity contribution < 1.29 is 4.79 Å². The lowest BCUT2D eigenvalue weighted by atomic mass is 9.77. The van der Waals surface area contributed by atoms with E-state index in [1.165, 1.54) is 49.5 Å². The fourth-order valence-corrected chi connectivity index (χ4v) is 6.28. The molecule has 1 atom stereocenters. The Kier molecular flexibility index (Phi) is 11.0. The molecule has 3 aliphatic rings. The molecule has 0 aromatic rings. The van der Waals surface area contributed by atoms with Gasteiger partial charge in [-0.15, -0.1) is 0 Å². The van der Waals surface area contributed by atoms with E-state index in [0.29, 0.717) is 23.7 Å². The van der Waals surface area contributed by atoms with Crippen LogP contribution in [0.25, 0.3) is 0 Å². The Bertz CT molecular complexity index is 981. The summed E-state index contributed by atoms with van der Waals surface area (Å²) in [4.78, 5) is 15.0. The van der Waals surface area contributed by atoms with Crippen molar-refractivity contribution in [3.63, 3.8) is 0 Å². The van der Waals surface area contributed by atoms with E-state index in [1.54, 1.807) is 6.08 Å². The van der Waals surface area contributed by atoms with Gasteiger partial charge in [-0.05, 0) is 105 Å². The average molecular weight is 518 g/mol. The third kappa shape index (κ3) is 8.19. The van der Waals surface area contributed by atoms with Crippen LogP contribution >= 0.6 is 0 Å². The summed E-state index contributed by atoms with van der Waals surface area (Å²) in [5, 5.41) is 10.7. The van der Waals surface area contributed by atoms with Gasteiger partial charge in [0.1, 0.15) is 0 Å². The van der Waals surface area contributed by atoms with Gasteiger partial charge in [-0.3, -0.25) is 4.79 Å². The number of carbonyl (C=O) groups excluding carboxylic acids is 1. The second kappa shape index (κ2) is 14.0. The Morgan fingerprint density at radius 3 is 2.42 bits per heavy atom. The Labute approximate surface area is 232 Å². The summed E-state index contributed by atoms with van der Waals surface area (Å²) in [5.74, 6) is 2.37. The van der Waals surface area contributed by atoms with Crippen molar-refractivity contribution >= 4 is 12.1 Å². The molecule has 4 heteroatoms. The van der Waals surface area contributed by atoms with E-state index < -0.39 is 0 Å². The lowest BCUT2D eigenvalue weighted by Gasteiger charge is -2.33. The lowest BCUT2D eigenvalue weighted by molar-refractivity contribution is -0.131. The first-order valence-corrected chi connectivity index (χ1v) is 14.8. The highest BCUT2D eigenvalue weighted by Crippen LogP contribution is 2.59. The first-order chi connectivity index (χ1) is 18.2. The lowest BCUT2D eigenvalue weighted by Crippen LogP contribution is -2.39. The van der Waals surface area contributed by atoms with Crippen molar-refractivity contribution in [2.45, 2.75) is 85.0 Å². The minimum absolute atomic E-state index is 0.250. The number of nitrogens with zero attached hydrogens (tertiary/aromatic N) is 1. The molecule has 1 heterocycles. The molecule has 1 unspecified atom stereocenters. The van der Waals surface area contributed by atoms with Crippen LogP contribution in [0, 0.1) is 28.6 Å². The quantitative estimate of drug-likeness (QED) is 0.192. The number of amides is 1. The normalized spacial score (nSPS) is 25.3. The number of rotatable bonds is 13. The van der Waals surface area contributed by atoms with Crippen molar-refractivity contribution in [1.29, 1.82) is 5.41 Å². The van der Waals surface area contributed by atoms with E-state index in [4.69, 9.17) is 5.41 Å². The third-order valence-electron chi connectivity index (χ3n) is 9.47. The molecule has 1 aliphatic heterocycles. The number of piperidine rings is 1. The second-order valence-electron chi connectivity index (χ2n) is 12.1. The molecule has 2 N–H and O–H groups in total. The molecule has 1 amide bonds. The molecule has 38 heavy (non-hydrogen) atoms. The Balaban J connectivity index is 1.35. The fraction of sp³-hybridized carbons (Fsp3) is 0.588. The van der Waals surface area contributed by atoms with Gasteiger partial charge in [0.15, 0.2) is 0 Å². The van der Waals surface area contributed by atoms with Crippen LogP contribution in [0.1, 0.15) is 85.0 Å². The number of carbonyl (C=O) groups is 1. The third-order valence-corrected chi connectivity index (χ3v) is 9.47. The van der Waals surface area contributed by atoms with E-state index in [9.17, 15) is 4.79 Å². The van der Waals surface area contributed by atoms with E-state index in [2.05, 4.69) is 56.0 Å². The highest BCUT2D eigenvalue weighted by molar-refractivity contribution is 5.78. The Morgan fingerprint density at radius 1 is 1.11 bits per heavy atom. The summed E-state index contributed by atoms with van der Waals surface area (Å²) in [6.07, 6.45) is 20.2. The monoisotopic (exact) mass is 517 g/mol. The van der Waals surface area contributed by atoms with Crippen LogP contribution in [-0.2, 0) is 4.79 Å². The summed E-state index contributed by atoms with van der Waals surface area (Å²) in [6, 6.07) is 0. The molecular formula is C34H51N3O. The zero-order valence-electron chi connectivity index (χ0n) is 24.3.